The molecule has 1 unspecified atom stereocenters. The van der Waals surface area contributed by atoms with E-state index in [1.54, 1.807) is 30.3 Å². The van der Waals surface area contributed by atoms with Crippen LogP contribution in [0, 0.1) is 0 Å². The predicted octanol–water partition coefficient (Wildman–Crippen LogP) is 1.91. The van der Waals surface area contributed by atoms with Crippen LogP contribution in [0.15, 0.2) is 48.5 Å². The highest BCUT2D eigenvalue weighted by molar-refractivity contribution is 7.85. The van der Waals surface area contributed by atoms with Crippen molar-refractivity contribution < 1.29 is 37.5 Å². The van der Waals surface area contributed by atoms with Gasteiger partial charge < -0.3 is 25.0 Å². The molecule has 0 aliphatic heterocycles. The van der Waals surface area contributed by atoms with Crippen LogP contribution >= 0.6 is 0 Å². The fourth-order valence-electron chi connectivity index (χ4n) is 2.10. The normalized spacial score (nSPS) is 11.9. The van der Waals surface area contributed by atoms with Crippen molar-refractivity contribution >= 4 is 16.1 Å². The van der Waals surface area contributed by atoms with E-state index in [1.807, 2.05) is 19.9 Å². The maximum absolute atomic E-state index is 11.8. The Balaban J connectivity index is 0.000000804. The number of nitrogens with one attached hydrogen (secondary N) is 1. The number of aromatic hydroxyl groups is 1. The van der Waals surface area contributed by atoms with Crippen molar-refractivity contribution in [2.24, 2.45) is 0 Å². The fraction of sp³-hybridized carbons (Fsp3) is 0.350. The van der Waals surface area contributed by atoms with E-state index >= 15 is 0 Å². The number of benzene rings is 2. The van der Waals surface area contributed by atoms with Gasteiger partial charge in [-0.3, -0.25) is 4.55 Å². The van der Waals surface area contributed by atoms with Crippen molar-refractivity contribution in [2.75, 3.05) is 19.4 Å². The van der Waals surface area contributed by atoms with Gasteiger partial charge in [0.25, 0.3) is 10.1 Å². The first-order valence-corrected chi connectivity index (χ1v) is 10.9. The molecule has 0 aliphatic carbocycles. The number of hydrogen-bond donors (Lipinski definition) is 4. The lowest BCUT2D eigenvalue weighted by molar-refractivity contribution is -0.136. The third-order valence-corrected chi connectivity index (χ3v) is 3.41. The van der Waals surface area contributed by atoms with Gasteiger partial charge in [0.05, 0.1) is 12.4 Å². The molecule has 10 heteroatoms. The minimum Gasteiger partial charge on any atom is -0.504 e. The summed E-state index contributed by atoms with van der Waals surface area (Å²) >= 11 is 0. The van der Waals surface area contributed by atoms with Gasteiger partial charge in [0.15, 0.2) is 18.1 Å². The van der Waals surface area contributed by atoms with Gasteiger partial charge in [0.1, 0.15) is 5.75 Å². The lowest BCUT2D eigenvalue weighted by Crippen LogP contribution is -2.27. The van der Waals surface area contributed by atoms with Crippen LogP contribution in [-0.4, -0.2) is 54.6 Å². The van der Waals surface area contributed by atoms with Gasteiger partial charge in [-0.1, -0.05) is 38.1 Å². The van der Waals surface area contributed by atoms with E-state index in [9.17, 15) is 23.4 Å². The summed E-state index contributed by atoms with van der Waals surface area (Å²) in [5.41, 5.74) is 0.533. The molecule has 0 fully saturated rings. The van der Waals surface area contributed by atoms with Crippen LogP contribution in [0.1, 0.15) is 25.5 Å². The Morgan fingerprint density at radius 2 is 1.73 bits per heavy atom. The number of rotatable bonds is 8. The van der Waals surface area contributed by atoms with Crippen LogP contribution in [0.2, 0.25) is 0 Å². The summed E-state index contributed by atoms with van der Waals surface area (Å²) in [6, 6.07) is 13.6. The minimum atomic E-state index is -3.67. The summed E-state index contributed by atoms with van der Waals surface area (Å²) in [6.07, 6.45) is -0.0491. The Hall–Kier alpha value is -2.66. The molecule has 1 atom stereocenters. The number of ether oxygens (including phenoxy) is 2. The van der Waals surface area contributed by atoms with Crippen molar-refractivity contribution in [3.8, 4) is 17.2 Å². The second-order valence-corrected chi connectivity index (χ2v) is 8.08. The molecule has 0 aromatic heterocycles. The standard InChI is InChI=1S/C19H23NO5.CH4O3S/c1-13(2)20-11-17(22)14-8-9-18(16(21)10-14)25-19(23)12-24-15-6-4-3-5-7-15;1-5(2,3)4/h3-10,13,17,20-22H,11-12H2,1-2H3;1H3,(H,2,3,4). The van der Waals surface area contributed by atoms with E-state index in [-0.39, 0.29) is 24.1 Å². The van der Waals surface area contributed by atoms with E-state index in [1.165, 1.54) is 12.1 Å². The quantitative estimate of drug-likeness (QED) is 0.274. The molecule has 2 aromatic rings. The first kappa shape index (κ1) is 25.4. The Morgan fingerprint density at radius 1 is 1.13 bits per heavy atom. The highest BCUT2D eigenvalue weighted by Crippen LogP contribution is 2.29. The number of aliphatic hydroxyl groups is 1. The van der Waals surface area contributed by atoms with Crippen molar-refractivity contribution in [3.05, 3.63) is 54.1 Å². The molecular weight excluding hydrogens is 414 g/mol. The van der Waals surface area contributed by atoms with Gasteiger partial charge in [-0.25, -0.2) is 4.79 Å². The molecule has 0 heterocycles. The van der Waals surface area contributed by atoms with Gasteiger partial charge in [0, 0.05) is 12.6 Å². The molecule has 30 heavy (non-hydrogen) atoms. The van der Waals surface area contributed by atoms with E-state index in [0.29, 0.717) is 24.1 Å². The van der Waals surface area contributed by atoms with Gasteiger partial charge in [0.2, 0.25) is 0 Å². The summed E-state index contributed by atoms with van der Waals surface area (Å²) in [4.78, 5) is 11.8. The van der Waals surface area contributed by atoms with Gasteiger partial charge in [-0.2, -0.15) is 8.42 Å². The summed E-state index contributed by atoms with van der Waals surface area (Å²) in [6.45, 7) is 4.04. The lowest BCUT2D eigenvalue weighted by Gasteiger charge is -2.15. The van der Waals surface area contributed by atoms with E-state index in [4.69, 9.17) is 14.0 Å². The largest absolute Gasteiger partial charge is 0.504 e. The summed E-state index contributed by atoms with van der Waals surface area (Å²) in [5.74, 6) is -0.266. The summed E-state index contributed by atoms with van der Waals surface area (Å²) in [7, 11) is -3.67. The summed E-state index contributed by atoms with van der Waals surface area (Å²) in [5, 5.41) is 23.2. The number of phenols is 1. The summed E-state index contributed by atoms with van der Waals surface area (Å²) < 4.78 is 36.2. The maximum atomic E-state index is 11.8. The van der Waals surface area contributed by atoms with Crippen molar-refractivity contribution in [3.63, 3.8) is 0 Å². The van der Waals surface area contributed by atoms with Crippen LogP contribution in [-0.2, 0) is 14.9 Å². The molecule has 0 radical (unpaired) electrons. The molecular formula is C20H27NO8S. The molecule has 0 saturated heterocycles. The highest BCUT2D eigenvalue weighted by atomic mass is 32.2. The maximum Gasteiger partial charge on any atom is 0.349 e. The molecule has 2 rings (SSSR count). The van der Waals surface area contributed by atoms with E-state index in [0.717, 1.165) is 0 Å². The Morgan fingerprint density at radius 3 is 2.27 bits per heavy atom. The predicted molar refractivity (Wildman–Crippen MR) is 111 cm³/mol. The Labute approximate surface area is 176 Å². The third-order valence-electron chi connectivity index (χ3n) is 3.41. The molecule has 0 bridgehead atoms. The first-order valence-electron chi connectivity index (χ1n) is 9.01. The van der Waals surface area contributed by atoms with Crippen molar-refractivity contribution in [1.82, 2.24) is 5.32 Å². The number of carbonyl (C=O) groups excluding carboxylic acids is 1. The van der Waals surface area contributed by atoms with Crippen LogP contribution in [0.4, 0.5) is 0 Å². The Bertz CT molecular complexity index is 892. The number of para-hydroxylation sites is 1. The van der Waals surface area contributed by atoms with Gasteiger partial charge >= 0.3 is 5.97 Å². The van der Waals surface area contributed by atoms with Crippen LogP contribution in [0.25, 0.3) is 0 Å². The molecule has 0 spiro atoms. The molecule has 9 nitrogen and oxygen atoms in total. The topological polar surface area (TPSA) is 142 Å². The van der Waals surface area contributed by atoms with Crippen LogP contribution < -0.4 is 14.8 Å². The number of carbonyl (C=O) groups is 1. The first-order chi connectivity index (χ1) is 14.0. The molecule has 2 aromatic carbocycles. The smallest absolute Gasteiger partial charge is 0.349 e. The molecule has 0 saturated carbocycles. The average molecular weight is 442 g/mol. The minimum absolute atomic E-state index is 0.0226. The van der Waals surface area contributed by atoms with Crippen LogP contribution in [0.3, 0.4) is 0 Å². The van der Waals surface area contributed by atoms with Gasteiger partial charge in [-0.15, -0.1) is 0 Å². The van der Waals surface area contributed by atoms with E-state index < -0.39 is 22.2 Å². The number of phenolic OH excluding ortho intramolecular Hbond substituents is 1. The second kappa shape index (κ2) is 12.1. The fourth-order valence-corrected chi connectivity index (χ4v) is 2.10. The van der Waals surface area contributed by atoms with Gasteiger partial charge in [-0.05, 0) is 29.8 Å². The zero-order chi connectivity index (χ0) is 22.7. The highest BCUT2D eigenvalue weighted by Gasteiger charge is 2.14. The van der Waals surface area contributed by atoms with Crippen LogP contribution in [0.5, 0.6) is 17.2 Å². The number of hydrogen-bond acceptors (Lipinski definition) is 8. The monoisotopic (exact) mass is 441 g/mol. The average Bonchev–Trinajstić information content (AvgIpc) is 2.65. The number of esters is 1. The second-order valence-electron chi connectivity index (χ2n) is 6.61. The van der Waals surface area contributed by atoms with E-state index in [2.05, 4.69) is 5.32 Å². The molecule has 4 N–H and O–H groups in total. The Kier molecular flexibility index (Phi) is 10.3. The zero-order valence-electron chi connectivity index (χ0n) is 17.0. The lowest BCUT2D eigenvalue weighted by atomic mass is 10.1. The SMILES string of the molecule is CC(C)NCC(O)c1ccc(OC(=O)COc2ccccc2)c(O)c1.CS(=O)(=O)O. The number of aliphatic hydroxyl groups excluding tert-OH is 1. The van der Waals surface area contributed by atoms with Crippen molar-refractivity contribution in [2.45, 2.75) is 26.0 Å². The zero-order valence-corrected chi connectivity index (χ0v) is 17.8. The molecule has 0 aliphatic rings. The molecule has 166 valence electrons. The van der Waals surface area contributed by atoms with Crippen molar-refractivity contribution in [1.29, 1.82) is 0 Å². The molecule has 0 amide bonds. The third kappa shape index (κ3) is 11.4.